The Kier molecular flexibility index (Phi) is 2.38. The van der Waals surface area contributed by atoms with Gasteiger partial charge in [0, 0.05) is 31.4 Å². The van der Waals surface area contributed by atoms with Crippen LogP contribution in [-0.4, -0.2) is 22.7 Å². The molecule has 1 aromatic heterocycles. The maximum Gasteiger partial charge on any atom is 0.234 e. The number of nitrogens with zero attached hydrogens (tertiary/aromatic N) is 3. The van der Waals surface area contributed by atoms with Gasteiger partial charge in [0.15, 0.2) is 0 Å². The number of nitrogen functional groups attached to an aromatic ring is 1. The van der Waals surface area contributed by atoms with Gasteiger partial charge in [0.1, 0.15) is 5.82 Å². The second-order valence-corrected chi connectivity index (χ2v) is 4.97. The van der Waals surface area contributed by atoms with Crippen molar-refractivity contribution in [2.75, 3.05) is 17.7 Å². The Bertz CT molecular complexity index is 655. The lowest BCUT2D eigenvalue weighted by Gasteiger charge is -2.09. The van der Waals surface area contributed by atoms with Crippen molar-refractivity contribution in [1.29, 1.82) is 0 Å². The van der Waals surface area contributed by atoms with Gasteiger partial charge < -0.3 is 10.6 Å². The quantitative estimate of drug-likeness (QED) is 0.845. The minimum Gasteiger partial charge on any atom is -0.384 e. The third-order valence-corrected chi connectivity index (χ3v) is 3.77. The van der Waals surface area contributed by atoms with Crippen molar-refractivity contribution in [2.24, 2.45) is 7.05 Å². The molecule has 1 aliphatic heterocycles. The first-order valence-electron chi connectivity index (χ1n) is 6.20. The predicted octanol–water partition coefficient (Wildman–Crippen LogP) is 1.75. The molecule has 19 heavy (non-hydrogen) atoms. The van der Waals surface area contributed by atoms with Crippen molar-refractivity contribution < 1.29 is 4.79 Å². The van der Waals surface area contributed by atoms with Gasteiger partial charge in [-0.15, -0.1) is 0 Å². The summed E-state index contributed by atoms with van der Waals surface area (Å²) in [5.41, 5.74) is 9.65. The molecule has 2 N–H and O–H groups in total. The molecule has 0 saturated carbocycles. The summed E-state index contributed by atoms with van der Waals surface area (Å²) in [5, 5.41) is 4.36. The highest BCUT2D eigenvalue weighted by atomic mass is 16.2. The Balaban J connectivity index is 2.10. The molecule has 0 radical (unpaired) electrons. The zero-order chi connectivity index (χ0) is 13.7. The van der Waals surface area contributed by atoms with E-state index in [-0.39, 0.29) is 11.8 Å². The van der Waals surface area contributed by atoms with Crippen LogP contribution >= 0.6 is 0 Å². The highest BCUT2D eigenvalue weighted by Crippen LogP contribution is 2.38. The Morgan fingerprint density at radius 2 is 2.00 bits per heavy atom. The summed E-state index contributed by atoms with van der Waals surface area (Å²) >= 11 is 0. The first-order chi connectivity index (χ1) is 8.99. The number of rotatable bonds is 1. The van der Waals surface area contributed by atoms with E-state index in [2.05, 4.69) is 5.10 Å². The van der Waals surface area contributed by atoms with Crippen molar-refractivity contribution in [3.63, 3.8) is 0 Å². The summed E-state index contributed by atoms with van der Waals surface area (Å²) in [6, 6.07) is 7.81. The number of fused-ring (bicyclic) bond motifs is 1. The molecule has 1 aliphatic rings. The topological polar surface area (TPSA) is 64.2 Å². The highest BCUT2D eigenvalue weighted by molar-refractivity contribution is 6.04. The van der Waals surface area contributed by atoms with Crippen molar-refractivity contribution in [3.05, 3.63) is 29.8 Å². The van der Waals surface area contributed by atoms with E-state index in [9.17, 15) is 4.79 Å². The average molecular weight is 256 g/mol. The number of carbonyl (C=O) groups is 1. The predicted molar refractivity (Wildman–Crippen MR) is 74.9 cm³/mol. The number of likely N-dealkylation sites (N-methyl/N-ethyl adjacent to an activating group) is 1. The fourth-order valence-corrected chi connectivity index (χ4v) is 2.53. The van der Waals surface area contributed by atoms with Gasteiger partial charge in [0.25, 0.3) is 0 Å². The molecule has 0 fully saturated rings. The van der Waals surface area contributed by atoms with Crippen molar-refractivity contribution in [1.82, 2.24) is 9.78 Å². The molecular weight excluding hydrogens is 240 g/mol. The Hall–Kier alpha value is -2.30. The lowest BCUT2D eigenvalue weighted by atomic mass is 9.99. The van der Waals surface area contributed by atoms with Crippen LogP contribution in [0.4, 0.5) is 11.5 Å². The van der Waals surface area contributed by atoms with E-state index >= 15 is 0 Å². The van der Waals surface area contributed by atoms with Crippen LogP contribution in [-0.2, 0) is 11.8 Å². The molecule has 1 amide bonds. The van der Waals surface area contributed by atoms with Crippen LogP contribution in [0.2, 0.25) is 0 Å². The highest BCUT2D eigenvalue weighted by Gasteiger charge is 2.31. The molecule has 0 saturated heterocycles. The smallest absolute Gasteiger partial charge is 0.234 e. The summed E-state index contributed by atoms with van der Waals surface area (Å²) < 4.78 is 1.64. The summed E-state index contributed by atoms with van der Waals surface area (Å²) in [5.74, 6) is 0.658. The van der Waals surface area contributed by atoms with Crippen LogP contribution in [0.1, 0.15) is 18.4 Å². The fourth-order valence-electron chi connectivity index (χ4n) is 2.53. The molecule has 2 heterocycles. The molecule has 98 valence electrons. The van der Waals surface area contributed by atoms with E-state index < -0.39 is 0 Å². The molecular formula is C14H16N4O. The molecule has 1 atom stereocenters. The molecule has 0 spiro atoms. The summed E-state index contributed by atoms with van der Waals surface area (Å²) in [4.78, 5) is 13.7. The van der Waals surface area contributed by atoms with Gasteiger partial charge in [-0.25, -0.2) is 0 Å². The third kappa shape index (κ3) is 1.62. The summed E-state index contributed by atoms with van der Waals surface area (Å²) in [6.07, 6.45) is 0. The Labute approximate surface area is 111 Å². The monoisotopic (exact) mass is 256 g/mol. The largest absolute Gasteiger partial charge is 0.384 e. The standard InChI is InChI=1S/C14H16N4O/c1-8-10-6-9(11-7-13(15)18(3)16-11)4-5-12(10)17(2)14(8)19/h4-8H,15H2,1-3H3. The van der Waals surface area contributed by atoms with Gasteiger partial charge in [0.2, 0.25) is 5.91 Å². The third-order valence-electron chi connectivity index (χ3n) is 3.77. The zero-order valence-corrected chi connectivity index (χ0v) is 11.2. The molecule has 2 aromatic rings. The molecule has 3 rings (SSSR count). The van der Waals surface area contributed by atoms with Crippen LogP contribution in [0.3, 0.4) is 0 Å². The van der Waals surface area contributed by atoms with Gasteiger partial charge in [-0.05, 0) is 24.6 Å². The molecule has 0 aliphatic carbocycles. The average Bonchev–Trinajstić information content (AvgIpc) is 2.84. The fraction of sp³-hybridized carbons (Fsp3) is 0.286. The van der Waals surface area contributed by atoms with Gasteiger partial charge in [-0.2, -0.15) is 5.10 Å². The first kappa shape index (κ1) is 11.8. The van der Waals surface area contributed by atoms with Crippen LogP contribution < -0.4 is 10.6 Å². The number of carbonyl (C=O) groups excluding carboxylic acids is 1. The number of hydrogen-bond acceptors (Lipinski definition) is 3. The number of aromatic nitrogens is 2. The first-order valence-corrected chi connectivity index (χ1v) is 6.20. The molecule has 0 bridgehead atoms. The second-order valence-electron chi connectivity index (χ2n) is 4.97. The van der Waals surface area contributed by atoms with E-state index in [1.807, 2.05) is 45.3 Å². The minimum atomic E-state index is -0.0963. The second kappa shape index (κ2) is 3.85. The van der Waals surface area contributed by atoms with Gasteiger partial charge in [-0.3, -0.25) is 9.48 Å². The summed E-state index contributed by atoms with van der Waals surface area (Å²) in [7, 11) is 3.62. The van der Waals surface area contributed by atoms with E-state index in [0.29, 0.717) is 5.82 Å². The summed E-state index contributed by atoms with van der Waals surface area (Å²) in [6.45, 7) is 1.93. The SMILES string of the molecule is CC1C(=O)N(C)c2ccc(-c3cc(N)n(C)n3)cc21. The lowest BCUT2D eigenvalue weighted by Crippen LogP contribution is -2.22. The van der Waals surface area contributed by atoms with Gasteiger partial charge >= 0.3 is 0 Å². The Morgan fingerprint density at radius 1 is 1.26 bits per heavy atom. The van der Waals surface area contributed by atoms with Crippen LogP contribution in [0.15, 0.2) is 24.3 Å². The number of amides is 1. The van der Waals surface area contributed by atoms with E-state index in [0.717, 1.165) is 22.5 Å². The normalized spacial score (nSPS) is 17.9. The van der Waals surface area contributed by atoms with Crippen LogP contribution in [0.25, 0.3) is 11.3 Å². The molecule has 5 heteroatoms. The molecule has 1 unspecified atom stereocenters. The number of anilines is 2. The number of hydrogen-bond donors (Lipinski definition) is 1. The zero-order valence-electron chi connectivity index (χ0n) is 11.2. The maximum absolute atomic E-state index is 12.0. The van der Waals surface area contributed by atoms with Crippen LogP contribution in [0.5, 0.6) is 0 Å². The van der Waals surface area contributed by atoms with Gasteiger partial charge in [-0.1, -0.05) is 6.07 Å². The van der Waals surface area contributed by atoms with Crippen molar-refractivity contribution in [3.8, 4) is 11.3 Å². The minimum absolute atomic E-state index is 0.0963. The molecule has 1 aromatic carbocycles. The Morgan fingerprint density at radius 3 is 2.63 bits per heavy atom. The van der Waals surface area contributed by atoms with Crippen molar-refractivity contribution in [2.45, 2.75) is 12.8 Å². The van der Waals surface area contributed by atoms with E-state index in [1.54, 1.807) is 9.58 Å². The maximum atomic E-state index is 12.0. The van der Waals surface area contributed by atoms with Crippen LogP contribution in [0, 0.1) is 0 Å². The van der Waals surface area contributed by atoms with E-state index in [1.165, 1.54) is 0 Å². The van der Waals surface area contributed by atoms with Crippen molar-refractivity contribution >= 4 is 17.4 Å². The van der Waals surface area contributed by atoms with Gasteiger partial charge in [0.05, 0.1) is 11.6 Å². The number of nitrogens with two attached hydrogens (primary N) is 1. The number of aryl methyl sites for hydroxylation is 1. The number of benzene rings is 1. The molecule has 5 nitrogen and oxygen atoms in total. The lowest BCUT2D eigenvalue weighted by molar-refractivity contribution is -0.118. The van der Waals surface area contributed by atoms with E-state index in [4.69, 9.17) is 5.73 Å².